The van der Waals surface area contributed by atoms with E-state index < -0.39 is 16.1 Å². The number of nitrogens with one attached hydrogen (secondary N) is 1. The Morgan fingerprint density at radius 1 is 1.03 bits per heavy atom. The number of halogens is 3. The van der Waals surface area contributed by atoms with Gasteiger partial charge in [0.25, 0.3) is 0 Å². The molecule has 0 heterocycles. The average Bonchev–Trinajstić information content (AvgIpc) is 2.82. The number of hydrogen-bond acceptors (Lipinski definition) is 4. The van der Waals surface area contributed by atoms with E-state index in [4.69, 9.17) is 34.8 Å². The van der Waals surface area contributed by atoms with Crippen molar-refractivity contribution in [1.82, 2.24) is 10.2 Å². The van der Waals surface area contributed by atoms with E-state index in [1.807, 2.05) is 13.8 Å². The van der Waals surface area contributed by atoms with Gasteiger partial charge in [-0.05, 0) is 69.0 Å². The molecule has 2 unspecified atom stereocenters. The zero-order valence-corrected chi connectivity index (χ0v) is 24.8. The molecule has 0 aliphatic rings. The summed E-state index contributed by atoms with van der Waals surface area (Å²) < 4.78 is 26.3. The fourth-order valence-electron chi connectivity index (χ4n) is 3.72. The number of benzene rings is 2. The molecule has 0 bridgehead atoms. The highest BCUT2D eigenvalue weighted by Crippen LogP contribution is 2.27. The maximum atomic E-state index is 13.4. The van der Waals surface area contributed by atoms with E-state index >= 15 is 0 Å². The van der Waals surface area contributed by atoms with Crippen molar-refractivity contribution in [1.29, 1.82) is 0 Å². The van der Waals surface area contributed by atoms with Gasteiger partial charge in [0, 0.05) is 30.6 Å². The van der Waals surface area contributed by atoms with E-state index in [9.17, 15) is 18.0 Å². The second-order valence-corrected chi connectivity index (χ2v) is 12.3. The first-order chi connectivity index (χ1) is 17.2. The molecule has 2 atom stereocenters. The van der Waals surface area contributed by atoms with Gasteiger partial charge in [-0.25, -0.2) is 8.42 Å². The average molecular weight is 591 g/mol. The summed E-state index contributed by atoms with van der Waals surface area (Å²) in [5.41, 5.74) is 1.94. The maximum Gasteiger partial charge on any atom is 0.242 e. The van der Waals surface area contributed by atoms with Gasteiger partial charge in [0.05, 0.1) is 22.0 Å². The van der Waals surface area contributed by atoms with Crippen LogP contribution in [0.4, 0.5) is 5.69 Å². The molecule has 0 aromatic heterocycles. The first kappa shape index (κ1) is 31.2. The minimum Gasteiger partial charge on any atom is -0.352 e. The van der Waals surface area contributed by atoms with Gasteiger partial charge in [0.1, 0.15) is 6.04 Å². The molecule has 0 radical (unpaired) electrons. The van der Waals surface area contributed by atoms with Crippen molar-refractivity contribution in [2.45, 2.75) is 65.6 Å². The van der Waals surface area contributed by atoms with Crippen LogP contribution in [0.3, 0.4) is 0 Å². The monoisotopic (exact) mass is 589 g/mol. The molecule has 2 aromatic carbocycles. The molecule has 7 nitrogen and oxygen atoms in total. The van der Waals surface area contributed by atoms with Crippen LogP contribution in [-0.2, 0) is 26.2 Å². The normalized spacial score (nSPS) is 13.1. The van der Waals surface area contributed by atoms with Crippen molar-refractivity contribution in [3.8, 4) is 0 Å². The molecule has 11 heteroatoms. The molecule has 0 saturated carbocycles. The Balaban J connectivity index is 2.24. The summed E-state index contributed by atoms with van der Waals surface area (Å²) >= 11 is 18.3. The molecule has 0 aliphatic heterocycles. The van der Waals surface area contributed by atoms with Crippen molar-refractivity contribution < 1.29 is 18.0 Å². The van der Waals surface area contributed by atoms with Crippen molar-refractivity contribution in [2.75, 3.05) is 17.1 Å². The lowest BCUT2D eigenvalue weighted by molar-refractivity contribution is -0.140. The molecular weight excluding hydrogens is 557 g/mol. The van der Waals surface area contributed by atoms with Crippen molar-refractivity contribution in [3.05, 3.63) is 62.6 Å². The lowest BCUT2D eigenvalue weighted by Crippen LogP contribution is -2.49. The Hall–Kier alpha value is -2.00. The highest BCUT2D eigenvalue weighted by Gasteiger charge is 2.27. The van der Waals surface area contributed by atoms with E-state index in [2.05, 4.69) is 5.32 Å². The summed E-state index contributed by atoms with van der Waals surface area (Å²) in [4.78, 5) is 27.8. The number of rotatable bonds is 12. The van der Waals surface area contributed by atoms with Gasteiger partial charge in [-0.2, -0.15) is 0 Å². The zero-order valence-electron chi connectivity index (χ0n) is 21.7. The van der Waals surface area contributed by atoms with Crippen LogP contribution in [0.1, 0.15) is 51.2 Å². The number of sulfonamides is 1. The molecule has 1 N–H and O–H groups in total. The van der Waals surface area contributed by atoms with Gasteiger partial charge in [-0.15, -0.1) is 0 Å². The van der Waals surface area contributed by atoms with E-state index in [1.54, 1.807) is 50.2 Å². The van der Waals surface area contributed by atoms with Gasteiger partial charge in [0.2, 0.25) is 21.8 Å². The van der Waals surface area contributed by atoms with Gasteiger partial charge in [-0.3, -0.25) is 13.9 Å². The quantitative estimate of drug-likeness (QED) is 0.337. The third-order valence-electron chi connectivity index (χ3n) is 6.10. The van der Waals surface area contributed by atoms with Crippen LogP contribution >= 0.6 is 34.8 Å². The van der Waals surface area contributed by atoms with E-state index in [0.717, 1.165) is 23.8 Å². The largest absolute Gasteiger partial charge is 0.352 e. The molecule has 204 valence electrons. The summed E-state index contributed by atoms with van der Waals surface area (Å²) in [6.07, 6.45) is 2.15. The Labute approximate surface area is 235 Å². The topological polar surface area (TPSA) is 86.8 Å². The molecule has 2 aromatic rings. The molecule has 2 rings (SSSR count). The predicted octanol–water partition coefficient (Wildman–Crippen LogP) is 5.83. The number of nitrogens with zero attached hydrogens (tertiary/aromatic N) is 2. The van der Waals surface area contributed by atoms with Gasteiger partial charge >= 0.3 is 0 Å². The van der Waals surface area contributed by atoms with E-state index in [0.29, 0.717) is 20.8 Å². The Morgan fingerprint density at radius 3 is 2.30 bits per heavy atom. The fourth-order valence-corrected chi connectivity index (χ4v) is 5.22. The zero-order chi connectivity index (χ0) is 27.9. The van der Waals surface area contributed by atoms with Gasteiger partial charge < -0.3 is 10.2 Å². The minimum absolute atomic E-state index is 0.0356. The van der Waals surface area contributed by atoms with Crippen LogP contribution in [0.15, 0.2) is 36.4 Å². The minimum atomic E-state index is -3.62. The lowest BCUT2D eigenvalue weighted by atomic mass is 10.1. The number of amides is 2. The SMILES string of the molecule is CCC(C)NC(=O)C(C)N(Cc1ccc(Cl)c(Cl)c1)C(=O)CCCN(c1cc(Cl)ccc1C)S(C)(=O)=O. The number of aryl methyl sites for hydroxylation is 1. The molecule has 0 aliphatic carbocycles. The highest BCUT2D eigenvalue weighted by molar-refractivity contribution is 7.92. The first-order valence-electron chi connectivity index (χ1n) is 12.0. The number of carbonyl (C=O) groups is 2. The summed E-state index contributed by atoms with van der Waals surface area (Å²) in [6.45, 7) is 7.56. The standard InChI is InChI=1S/C26H34Cl3N3O4S/c1-6-18(3)30-26(34)19(4)31(16-20-10-12-22(28)23(29)14-20)25(33)8-7-13-32(37(5,35)36)24-15-21(27)11-9-17(24)2/h9-12,14-15,18-19H,6-8,13,16H2,1-5H3,(H,30,34). The molecule has 2 amide bonds. The van der Waals surface area contributed by atoms with E-state index in [1.165, 1.54) is 9.21 Å². The maximum absolute atomic E-state index is 13.4. The smallest absolute Gasteiger partial charge is 0.242 e. The van der Waals surface area contributed by atoms with Crippen molar-refractivity contribution >= 4 is 62.3 Å². The van der Waals surface area contributed by atoms with Crippen LogP contribution in [0.25, 0.3) is 0 Å². The van der Waals surface area contributed by atoms with Crippen LogP contribution in [0.5, 0.6) is 0 Å². The van der Waals surface area contributed by atoms with Crippen LogP contribution in [0.2, 0.25) is 15.1 Å². The van der Waals surface area contributed by atoms with Crippen LogP contribution in [0, 0.1) is 6.92 Å². The summed E-state index contributed by atoms with van der Waals surface area (Å²) in [5.74, 6) is -0.552. The predicted molar refractivity (Wildman–Crippen MR) is 152 cm³/mol. The summed E-state index contributed by atoms with van der Waals surface area (Å²) in [5, 5.41) is 4.08. The van der Waals surface area contributed by atoms with Gasteiger partial charge in [-0.1, -0.05) is 53.9 Å². The van der Waals surface area contributed by atoms with Crippen LogP contribution in [-0.4, -0.2) is 50.0 Å². The molecule has 37 heavy (non-hydrogen) atoms. The number of anilines is 1. The molecule has 0 fully saturated rings. The molecule has 0 saturated heterocycles. The number of carbonyl (C=O) groups excluding carboxylic acids is 2. The number of hydrogen-bond donors (Lipinski definition) is 1. The summed E-state index contributed by atoms with van der Waals surface area (Å²) in [6, 6.07) is 9.30. The lowest BCUT2D eigenvalue weighted by Gasteiger charge is -2.30. The van der Waals surface area contributed by atoms with Crippen LogP contribution < -0.4 is 9.62 Å². The first-order valence-corrected chi connectivity index (χ1v) is 15.0. The fraction of sp³-hybridized carbons (Fsp3) is 0.462. The molecule has 0 spiro atoms. The third kappa shape index (κ3) is 9.06. The van der Waals surface area contributed by atoms with Crippen molar-refractivity contribution in [3.63, 3.8) is 0 Å². The Bertz CT molecular complexity index is 1220. The Kier molecular flexibility index (Phi) is 11.6. The van der Waals surface area contributed by atoms with E-state index in [-0.39, 0.29) is 43.8 Å². The van der Waals surface area contributed by atoms with Crippen molar-refractivity contribution in [2.24, 2.45) is 0 Å². The molecular formula is C26H34Cl3N3O4S. The second kappa shape index (κ2) is 13.7. The van der Waals surface area contributed by atoms with Gasteiger partial charge in [0.15, 0.2) is 0 Å². The second-order valence-electron chi connectivity index (χ2n) is 9.13. The Morgan fingerprint density at radius 2 is 1.70 bits per heavy atom. The summed E-state index contributed by atoms with van der Waals surface area (Å²) in [7, 11) is -3.62. The highest BCUT2D eigenvalue weighted by atomic mass is 35.5. The third-order valence-corrected chi connectivity index (χ3v) is 8.25.